The van der Waals surface area contributed by atoms with Gasteiger partial charge < -0.3 is 10.6 Å². The van der Waals surface area contributed by atoms with Crippen LogP contribution in [-0.4, -0.2) is 23.6 Å². The van der Waals surface area contributed by atoms with Gasteiger partial charge in [-0.05, 0) is 39.7 Å². The first-order valence-electron chi connectivity index (χ1n) is 6.56. The third-order valence-corrected chi connectivity index (χ3v) is 4.91. The van der Waals surface area contributed by atoms with Gasteiger partial charge in [0.1, 0.15) is 5.01 Å². The van der Waals surface area contributed by atoms with E-state index in [1.54, 1.807) is 11.3 Å². The molecule has 0 spiro atoms. The van der Waals surface area contributed by atoms with Crippen LogP contribution in [0.2, 0.25) is 0 Å². The fourth-order valence-corrected chi connectivity index (χ4v) is 3.28. The highest BCUT2D eigenvalue weighted by molar-refractivity contribution is 7.09. The average molecular weight is 253 g/mol. The van der Waals surface area contributed by atoms with Crippen molar-refractivity contribution < 1.29 is 0 Å². The van der Waals surface area contributed by atoms with E-state index in [0.29, 0.717) is 11.6 Å². The predicted octanol–water partition coefficient (Wildman–Crippen LogP) is 2.63. The molecule has 17 heavy (non-hydrogen) atoms. The Labute approximate surface area is 108 Å². The number of hydrogen-bond donors (Lipinski definition) is 2. The summed E-state index contributed by atoms with van der Waals surface area (Å²) in [5.74, 6) is 0. The van der Waals surface area contributed by atoms with Gasteiger partial charge in [0.2, 0.25) is 0 Å². The summed E-state index contributed by atoms with van der Waals surface area (Å²) in [6.45, 7) is 8.75. The monoisotopic (exact) mass is 253 g/mol. The summed E-state index contributed by atoms with van der Waals surface area (Å²) >= 11 is 1.75. The summed E-state index contributed by atoms with van der Waals surface area (Å²) in [5.41, 5.74) is 1.45. The first kappa shape index (κ1) is 13.0. The lowest BCUT2D eigenvalue weighted by molar-refractivity contribution is 0.326. The van der Waals surface area contributed by atoms with Gasteiger partial charge >= 0.3 is 0 Å². The molecule has 1 fully saturated rings. The van der Waals surface area contributed by atoms with Gasteiger partial charge in [-0.2, -0.15) is 0 Å². The Kier molecular flexibility index (Phi) is 4.17. The minimum Gasteiger partial charge on any atom is -0.310 e. The highest BCUT2D eigenvalue weighted by Crippen LogP contribution is 2.24. The van der Waals surface area contributed by atoms with Crippen LogP contribution in [-0.2, 0) is 0 Å². The molecule has 1 aliphatic rings. The number of nitrogens with zero attached hydrogens (tertiary/aromatic N) is 1. The van der Waals surface area contributed by atoms with Crippen LogP contribution in [0, 0.1) is 6.92 Å². The van der Waals surface area contributed by atoms with E-state index in [2.05, 4.69) is 41.8 Å². The molecule has 1 aromatic rings. The molecule has 0 bridgehead atoms. The molecule has 0 aliphatic carbocycles. The fourth-order valence-electron chi connectivity index (χ4n) is 2.45. The summed E-state index contributed by atoms with van der Waals surface area (Å²) in [6.07, 6.45) is 3.80. The predicted molar refractivity (Wildman–Crippen MR) is 73.5 cm³/mol. The van der Waals surface area contributed by atoms with E-state index in [0.717, 1.165) is 12.2 Å². The highest BCUT2D eigenvalue weighted by Gasteiger charge is 2.31. The lowest BCUT2D eigenvalue weighted by Crippen LogP contribution is -2.48. The number of aryl methyl sites for hydroxylation is 1. The van der Waals surface area contributed by atoms with Crippen LogP contribution in [0.25, 0.3) is 0 Å². The number of nitrogens with one attached hydrogen (secondary N) is 2. The molecule has 1 aromatic heterocycles. The second-order valence-corrected chi connectivity index (χ2v) is 5.98. The lowest BCUT2D eigenvalue weighted by atomic mass is 9.94. The van der Waals surface area contributed by atoms with E-state index in [4.69, 9.17) is 0 Å². The molecule has 3 nitrogen and oxygen atoms in total. The van der Waals surface area contributed by atoms with Crippen molar-refractivity contribution in [3.8, 4) is 0 Å². The molecule has 2 unspecified atom stereocenters. The quantitative estimate of drug-likeness (QED) is 0.847. The normalized spacial score (nSPS) is 26.3. The van der Waals surface area contributed by atoms with Crippen molar-refractivity contribution in [2.45, 2.75) is 51.6 Å². The molecule has 1 aliphatic heterocycles. The summed E-state index contributed by atoms with van der Waals surface area (Å²) in [6, 6.07) is 0.361. The molecule has 96 valence electrons. The fraction of sp³-hybridized carbons (Fsp3) is 0.769. The van der Waals surface area contributed by atoms with E-state index in [1.165, 1.54) is 30.8 Å². The van der Waals surface area contributed by atoms with Gasteiger partial charge in [-0.15, -0.1) is 11.3 Å². The smallest absolute Gasteiger partial charge is 0.110 e. The van der Waals surface area contributed by atoms with Crippen LogP contribution in [0.3, 0.4) is 0 Å². The second-order valence-electron chi connectivity index (χ2n) is 5.09. The molecule has 0 aromatic carbocycles. The van der Waals surface area contributed by atoms with Crippen LogP contribution in [0.15, 0.2) is 5.38 Å². The Hall–Kier alpha value is -0.450. The van der Waals surface area contributed by atoms with Gasteiger partial charge in [-0.1, -0.05) is 6.92 Å². The number of aromatic nitrogens is 1. The number of hydrogen-bond acceptors (Lipinski definition) is 4. The minimum absolute atomic E-state index is 0.320. The Morgan fingerprint density at radius 2 is 2.47 bits per heavy atom. The molecule has 0 radical (unpaired) electrons. The summed E-state index contributed by atoms with van der Waals surface area (Å²) < 4.78 is 0. The molecule has 2 N–H and O–H groups in total. The third kappa shape index (κ3) is 3.06. The van der Waals surface area contributed by atoms with Crippen molar-refractivity contribution in [1.82, 2.24) is 15.6 Å². The molecule has 2 heterocycles. The molecule has 4 heteroatoms. The first-order chi connectivity index (χ1) is 8.15. The maximum Gasteiger partial charge on any atom is 0.110 e. The second kappa shape index (κ2) is 5.46. The van der Waals surface area contributed by atoms with Crippen molar-refractivity contribution in [2.75, 3.05) is 13.1 Å². The summed E-state index contributed by atoms with van der Waals surface area (Å²) in [4.78, 5) is 4.54. The average Bonchev–Trinajstić information content (AvgIpc) is 2.95. The molecule has 1 saturated heterocycles. The zero-order chi connectivity index (χ0) is 12.3. The zero-order valence-electron chi connectivity index (χ0n) is 11.0. The Balaban J connectivity index is 1.89. The van der Waals surface area contributed by atoms with E-state index in [9.17, 15) is 0 Å². The van der Waals surface area contributed by atoms with E-state index < -0.39 is 0 Å². The molecule has 0 saturated carbocycles. The van der Waals surface area contributed by atoms with Crippen LogP contribution >= 0.6 is 11.3 Å². The van der Waals surface area contributed by atoms with Crippen LogP contribution in [0.4, 0.5) is 0 Å². The van der Waals surface area contributed by atoms with Gasteiger partial charge in [-0.25, -0.2) is 4.98 Å². The number of thiazole rings is 1. The highest BCUT2D eigenvalue weighted by atomic mass is 32.1. The van der Waals surface area contributed by atoms with Crippen LogP contribution < -0.4 is 10.6 Å². The van der Waals surface area contributed by atoms with Crippen LogP contribution in [0.1, 0.15) is 49.9 Å². The SMILES string of the molecule is CCC1(CNC(C)c2nc(C)cs2)CCCN1. The zero-order valence-corrected chi connectivity index (χ0v) is 11.9. The Morgan fingerprint density at radius 3 is 3.00 bits per heavy atom. The molecular formula is C13H23N3S. The van der Waals surface area contributed by atoms with Crippen molar-refractivity contribution in [1.29, 1.82) is 0 Å². The Bertz CT molecular complexity index is 355. The minimum atomic E-state index is 0.320. The third-order valence-electron chi connectivity index (χ3n) is 3.76. The lowest BCUT2D eigenvalue weighted by Gasteiger charge is -2.29. The van der Waals surface area contributed by atoms with Gasteiger partial charge in [-0.3, -0.25) is 0 Å². The first-order valence-corrected chi connectivity index (χ1v) is 7.43. The Morgan fingerprint density at radius 1 is 1.65 bits per heavy atom. The van der Waals surface area contributed by atoms with Crippen molar-refractivity contribution in [3.63, 3.8) is 0 Å². The maximum atomic E-state index is 4.54. The van der Waals surface area contributed by atoms with Crippen molar-refractivity contribution >= 4 is 11.3 Å². The number of rotatable bonds is 5. The van der Waals surface area contributed by atoms with Crippen LogP contribution in [0.5, 0.6) is 0 Å². The summed E-state index contributed by atoms with van der Waals surface area (Å²) in [5, 5.41) is 10.6. The molecule has 0 amide bonds. The van der Waals surface area contributed by atoms with Crippen molar-refractivity contribution in [2.24, 2.45) is 0 Å². The van der Waals surface area contributed by atoms with E-state index >= 15 is 0 Å². The van der Waals surface area contributed by atoms with Gasteiger partial charge in [0.25, 0.3) is 0 Å². The van der Waals surface area contributed by atoms with E-state index in [-0.39, 0.29) is 0 Å². The van der Waals surface area contributed by atoms with Gasteiger partial charge in [0.05, 0.1) is 6.04 Å². The maximum absolute atomic E-state index is 4.54. The topological polar surface area (TPSA) is 37.0 Å². The van der Waals surface area contributed by atoms with Gasteiger partial charge in [0, 0.05) is 23.2 Å². The summed E-state index contributed by atoms with van der Waals surface area (Å²) in [7, 11) is 0. The van der Waals surface area contributed by atoms with Crippen molar-refractivity contribution in [3.05, 3.63) is 16.1 Å². The standard InChI is InChI=1S/C13H23N3S/c1-4-13(6-5-7-15-13)9-14-11(3)12-16-10(2)8-17-12/h8,11,14-15H,4-7,9H2,1-3H3. The molecular weight excluding hydrogens is 230 g/mol. The molecule has 2 rings (SSSR count). The largest absolute Gasteiger partial charge is 0.310 e. The van der Waals surface area contributed by atoms with Gasteiger partial charge in [0.15, 0.2) is 0 Å². The molecule has 2 atom stereocenters. The van der Waals surface area contributed by atoms with E-state index in [1.807, 2.05) is 0 Å².